The lowest BCUT2D eigenvalue weighted by Crippen LogP contribution is -2.32. The van der Waals surface area contributed by atoms with E-state index in [-0.39, 0.29) is 18.3 Å². The molecule has 5 heteroatoms. The monoisotopic (exact) mass is 284 g/mol. The molecule has 0 aromatic carbocycles. The molecule has 0 aliphatic carbocycles. The van der Waals surface area contributed by atoms with Crippen molar-refractivity contribution in [3.63, 3.8) is 0 Å². The molecule has 0 radical (unpaired) electrons. The lowest BCUT2D eigenvalue weighted by Gasteiger charge is -2.19. The van der Waals surface area contributed by atoms with Crippen molar-refractivity contribution < 1.29 is 9.21 Å². The Labute approximate surface area is 119 Å². The highest BCUT2D eigenvalue weighted by Crippen LogP contribution is 2.27. The number of nitrogens with zero attached hydrogens (tertiary/aromatic N) is 1. The standard InChI is InChI=1S/C14H20N2O2.ClH/c1-10-2-3-13(18-10)14(17)16-6-4-11-8-15-9-12(11)5-7-16;/h2-3,11-12,15H,4-9H2,1H3;1H/t11-,12+;. The third kappa shape index (κ3) is 2.95. The first-order valence-corrected chi connectivity index (χ1v) is 6.80. The first-order chi connectivity index (χ1) is 8.74. The van der Waals surface area contributed by atoms with Crippen molar-refractivity contribution in [2.45, 2.75) is 19.8 Å². The molecular formula is C14H21ClN2O2. The van der Waals surface area contributed by atoms with Crippen molar-refractivity contribution in [3.8, 4) is 0 Å². The van der Waals surface area contributed by atoms with Gasteiger partial charge in [0, 0.05) is 13.1 Å². The van der Waals surface area contributed by atoms with Crippen LogP contribution in [0, 0.1) is 18.8 Å². The van der Waals surface area contributed by atoms with Gasteiger partial charge in [-0.15, -0.1) is 12.4 Å². The molecule has 3 rings (SSSR count). The van der Waals surface area contributed by atoms with E-state index in [1.165, 1.54) is 0 Å². The molecule has 0 spiro atoms. The number of hydrogen-bond acceptors (Lipinski definition) is 3. The summed E-state index contributed by atoms with van der Waals surface area (Å²) in [6, 6.07) is 3.63. The number of amides is 1. The minimum absolute atomic E-state index is 0. The topological polar surface area (TPSA) is 45.5 Å². The number of aryl methyl sites for hydroxylation is 1. The number of hydrogen-bond donors (Lipinski definition) is 1. The highest BCUT2D eigenvalue weighted by Gasteiger charge is 2.32. The molecule has 3 heterocycles. The molecule has 0 saturated carbocycles. The second-order valence-electron chi connectivity index (χ2n) is 5.46. The molecule has 1 aromatic rings. The fraction of sp³-hybridized carbons (Fsp3) is 0.643. The maximum absolute atomic E-state index is 12.3. The second kappa shape index (κ2) is 5.97. The molecule has 1 aromatic heterocycles. The smallest absolute Gasteiger partial charge is 0.289 e. The van der Waals surface area contributed by atoms with E-state index in [2.05, 4.69) is 5.32 Å². The maximum atomic E-state index is 12.3. The molecule has 1 N–H and O–H groups in total. The van der Waals surface area contributed by atoms with Crippen LogP contribution in [0.1, 0.15) is 29.2 Å². The van der Waals surface area contributed by atoms with E-state index >= 15 is 0 Å². The van der Waals surface area contributed by atoms with Crippen molar-refractivity contribution in [2.75, 3.05) is 26.2 Å². The van der Waals surface area contributed by atoms with Crippen LogP contribution in [0.5, 0.6) is 0 Å². The van der Waals surface area contributed by atoms with Crippen LogP contribution in [0.15, 0.2) is 16.5 Å². The van der Waals surface area contributed by atoms with Gasteiger partial charge in [-0.3, -0.25) is 4.79 Å². The molecule has 0 bridgehead atoms. The van der Waals surface area contributed by atoms with Crippen LogP contribution in [-0.4, -0.2) is 37.0 Å². The van der Waals surface area contributed by atoms with E-state index in [9.17, 15) is 4.79 Å². The van der Waals surface area contributed by atoms with Crippen molar-refractivity contribution in [1.29, 1.82) is 0 Å². The van der Waals surface area contributed by atoms with Crippen molar-refractivity contribution in [3.05, 3.63) is 23.7 Å². The molecule has 2 saturated heterocycles. The molecular weight excluding hydrogens is 264 g/mol. The van der Waals surface area contributed by atoms with Gasteiger partial charge in [0.05, 0.1) is 0 Å². The molecule has 1 amide bonds. The largest absolute Gasteiger partial charge is 0.456 e. The van der Waals surface area contributed by atoms with Crippen LogP contribution in [-0.2, 0) is 0 Å². The predicted octanol–water partition coefficient (Wildman–Crippen LogP) is 2.08. The Morgan fingerprint density at radius 1 is 1.26 bits per heavy atom. The Balaban J connectivity index is 0.00000133. The molecule has 2 atom stereocenters. The van der Waals surface area contributed by atoms with Crippen molar-refractivity contribution in [1.82, 2.24) is 10.2 Å². The molecule has 4 nitrogen and oxygen atoms in total. The number of nitrogens with one attached hydrogen (secondary N) is 1. The summed E-state index contributed by atoms with van der Waals surface area (Å²) in [5.74, 6) is 2.84. The zero-order valence-electron chi connectivity index (χ0n) is 11.2. The lowest BCUT2D eigenvalue weighted by atomic mass is 9.92. The number of halogens is 1. The summed E-state index contributed by atoms with van der Waals surface area (Å²) in [5, 5.41) is 3.45. The van der Waals surface area contributed by atoms with Crippen LogP contribution in [0.2, 0.25) is 0 Å². The average Bonchev–Trinajstić information content (AvgIpc) is 2.94. The fourth-order valence-corrected chi connectivity index (χ4v) is 3.13. The van der Waals surface area contributed by atoms with Crippen molar-refractivity contribution >= 4 is 18.3 Å². The number of rotatable bonds is 1. The third-order valence-electron chi connectivity index (χ3n) is 4.26. The summed E-state index contributed by atoms with van der Waals surface area (Å²) in [5.41, 5.74) is 0. The van der Waals surface area contributed by atoms with Crippen LogP contribution in [0.4, 0.5) is 0 Å². The van der Waals surface area contributed by atoms with Gasteiger partial charge in [-0.2, -0.15) is 0 Å². The molecule has 2 fully saturated rings. The first-order valence-electron chi connectivity index (χ1n) is 6.80. The molecule has 106 valence electrons. The van der Waals surface area contributed by atoms with Gasteiger partial charge in [-0.1, -0.05) is 0 Å². The van der Waals surface area contributed by atoms with Gasteiger partial charge in [0.2, 0.25) is 0 Å². The summed E-state index contributed by atoms with van der Waals surface area (Å²) >= 11 is 0. The van der Waals surface area contributed by atoms with Gasteiger partial charge in [0.25, 0.3) is 5.91 Å². The summed E-state index contributed by atoms with van der Waals surface area (Å²) in [6.45, 7) is 5.83. The number of furan rings is 1. The van der Waals surface area contributed by atoms with E-state index in [0.29, 0.717) is 5.76 Å². The van der Waals surface area contributed by atoms with Gasteiger partial charge in [0.1, 0.15) is 5.76 Å². The molecule has 0 unspecified atom stereocenters. The highest BCUT2D eigenvalue weighted by atomic mass is 35.5. The molecule has 2 aliphatic heterocycles. The van der Waals surface area contributed by atoms with Gasteiger partial charge in [0.15, 0.2) is 5.76 Å². The number of likely N-dealkylation sites (tertiary alicyclic amines) is 1. The normalized spacial score (nSPS) is 26.5. The summed E-state index contributed by atoms with van der Waals surface area (Å²) in [7, 11) is 0. The summed E-state index contributed by atoms with van der Waals surface area (Å²) < 4.78 is 5.43. The predicted molar refractivity (Wildman–Crippen MR) is 75.7 cm³/mol. The van der Waals surface area contributed by atoms with Crippen molar-refractivity contribution in [2.24, 2.45) is 11.8 Å². The maximum Gasteiger partial charge on any atom is 0.289 e. The Morgan fingerprint density at radius 3 is 2.42 bits per heavy atom. The fourth-order valence-electron chi connectivity index (χ4n) is 3.13. The van der Waals surface area contributed by atoms with E-state index in [0.717, 1.165) is 56.6 Å². The van der Waals surface area contributed by atoms with Gasteiger partial charge in [-0.05, 0) is 56.8 Å². The quantitative estimate of drug-likeness (QED) is 0.859. The van der Waals surface area contributed by atoms with E-state index in [4.69, 9.17) is 4.42 Å². The van der Waals surface area contributed by atoms with Gasteiger partial charge in [-0.25, -0.2) is 0 Å². The van der Waals surface area contributed by atoms with E-state index < -0.39 is 0 Å². The zero-order valence-corrected chi connectivity index (χ0v) is 12.0. The van der Waals surface area contributed by atoms with Crippen LogP contribution >= 0.6 is 12.4 Å². The van der Waals surface area contributed by atoms with Crippen LogP contribution in [0.25, 0.3) is 0 Å². The molecule has 19 heavy (non-hydrogen) atoms. The highest BCUT2D eigenvalue weighted by molar-refractivity contribution is 5.91. The van der Waals surface area contributed by atoms with Crippen LogP contribution in [0.3, 0.4) is 0 Å². The Kier molecular flexibility index (Phi) is 4.53. The van der Waals surface area contributed by atoms with Crippen LogP contribution < -0.4 is 5.32 Å². The number of carbonyl (C=O) groups excluding carboxylic acids is 1. The van der Waals surface area contributed by atoms with Gasteiger partial charge < -0.3 is 14.6 Å². The van der Waals surface area contributed by atoms with Gasteiger partial charge >= 0.3 is 0 Å². The first kappa shape index (κ1) is 14.4. The SMILES string of the molecule is Cc1ccc(C(=O)N2CC[C@@H]3CNC[C@@H]3CC2)o1.Cl. The summed E-state index contributed by atoms with van der Waals surface area (Å²) in [4.78, 5) is 14.3. The minimum Gasteiger partial charge on any atom is -0.456 e. The minimum atomic E-state index is 0. The zero-order chi connectivity index (χ0) is 12.5. The Bertz CT molecular complexity index is 432. The lowest BCUT2D eigenvalue weighted by molar-refractivity contribution is 0.0725. The third-order valence-corrected chi connectivity index (χ3v) is 4.26. The van der Waals surface area contributed by atoms with E-state index in [1.807, 2.05) is 17.9 Å². The summed E-state index contributed by atoms with van der Waals surface area (Å²) in [6.07, 6.45) is 2.23. The average molecular weight is 285 g/mol. The second-order valence-corrected chi connectivity index (χ2v) is 5.46. The number of carbonyl (C=O) groups is 1. The Morgan fingerprint density at radius 2 is 1.89 bits per heavy atom. The van der Waals surface area contributed by atoms with E-state index in [1.54, 1.807) is 6.07 Å². The number of fused-ring (bicyclic) bond motifs is 1. The molecule has 2 aliphatic rings. The Hall–Kier alpha value is -1.00.